The van der Waals surface area contributed by atoms with Crippen LogP contribution in [0.25, 0.3) is 10.9 Å². The van der Waals surface area contributed by atoms with Gasteiger partial charge in [-0.1, -0.05) is 18.2 Å². The standard InChI is InChI=1S/C10H12N2O/c1-8(13-2)12-10-6-4-3-5-9(10)7-11-12/h3-8H,1-2H3. The van der Waals surface area contributed by atoms with Crippen LogP contribution in [-0.4, -0.2) is 16.9 Å². The summed E-state index contributed by atoms with van der Waals surface area (Å²) in [6, 6.07) is 8.09. The summed E-state index contributed by atoms with van der Waals surface area (Å²) < 4.78 is 7.07. The lowest BCUT2D eigenvalue weighted by Gasteiger charge is -2.10. The number of rotatable bonds is 2. The fourth-order valence-corrected chi connectivity index (χ4v) is 1.38. The molecule has 1 atom stereocenters. The first-order chi connectivity index (χ1) is 6.33. The molecular formula is C10H12N2O. The minimum absolute atomic E-state index is 0.0140. The van der Waals surface area contributed by atoms with Gasteiger partial charge in [0, 0.05) is 12.5 Å². The van der Waals surface area contributed by atoms with Gasteiger partial charge in [-0.15, -0.1) is 0 Å². The van der Waals surface area contributed by atoms with Crippen LogP contribution < -0.4 is 0 Å². The van der Waals surface area contributed by atoms with Crippen LogP contribution in [0.3, 0.4) is 0 Å². The second kappa shape index (κ2) is 3.18. The Kier molecular flexibility index (Phi) is 2.02. The van der Waals surface area contributed by atoms with Crippen molar-refractivity contribution in [2.75, 3.05) is 7.11 Å². The molecule has 2 rings (SSSR count). The molecule has 1 unspecified atom stereocenters. The molecule has 0 aliphatic carbocycles. The zero-order valence-corrected chi connectivity index (χ0v) is 7.77. The van der Waals surface area contributed by atoms with Gasteiger partial charge in [-0.25, -0.2) is 4.68 Å². The summed E-state index contributed by atoms with van der Waals surface area (Å²) in [7, 11) is 1.68. The zero-order valence-electron chi connectivity index (χ0n) is 7.77. The topological polar surface area (TPSA) is 27.1 Å². The molecule has 2 aromatic rings. The van der Waals surface area contributed by atoms with Crippen LogP contribution >= 0.6 is 0 Å². The maximum atomic E-state index is 5.20. The van der Waals surface area contributed by atoms with Crippen molar-refractivity contribution in [2.45, 2.75) is 13.2 Å². The molecule has 0 aliphatic rings. The molecule has 0 fully saturated rings. The molecule has 1 aromatic carbocycles. The minimum atomic E-state index is -0.0140. The lowest BCUT2D eigenvalue weighted by Crippen LogP contribution is -2.07. The van der Waals surface area contributed by atoms with E-state index >= 15 is 0 Å². The molecule has 3 heteroatoms. The summed E-state index contributed by atoms with van der Waals surface area (Å²) >= 11 is 0. The highest BCUT2D eigenvalue weighted by Gasteiger charge is 2.06. The maximum Gasteiger partial charge on any atom is 0.147 e. The van der Waals surface area contributed by atoms with Crippen molar-refractivity contribution >= 4 is 10.9 Å². The van der Waals surface area contributed by atoms with E-state index in [9.17, 15) is 0 Å². The molecule has 13 heavy (non-hydrogen) atoms. The highest BCUT2D eigenvalue weighted by Crippen LogP contribution is 2.17. The van der Waals surface area contributed by atoms with E-state index in [1.807, 2.05) is 42.1 Å². The largest absolute Gasteiger partial charge is 0.360 e. The van der Waals surface area contributed by atoms with Gasteiger partial charge < -0.3 is 4.74 Å². The van der Waals surface area contributed by atoms with Gasteiger partial charge in [0.25, 0.3) is 0 Å². The number of benzene rings is 1. The second-order valence-electron chi connectivity index (χ2n) is 2.98. The first kappa shape index (κ1) is 8.26. The fourth-order valence-electron chi connectivity index (χ4n) is 1.38. The van der Waals surface area contributed by atoms with Crippen molar-refractivity contribution in [2.24, 2.45) is 0 Å². The molecule has 0 radical (unpaired) electrons. The van der Waals surface area contributed by atoms with Crippen molar-refractivity contribution < 1.29 is 4.74 Å². The summed E-state index contributed by atoms with van der Waals surface area (Å²) in [5, 5.41) is 5.40. The highest BCUT2D eigenvalue weighted by molar-refractivity contribution is 5.78. The van der Waals surface area contributed by atoms with Crippen molar-refractivity contribution in [3.8, 4) is 0 Å². The van der Waals surface area contributed by atoms with E-state index in [1.165, 1.54) is 0 Å². The Morgan fingerprint density at radius 3 is 2.92 bits per heavy atom. The van der Waals surface area contributed by atoms with Gasteiger partial charge in [0.05, 0.1) is 11.7 Å². The van der Waals surface area contributed by atoms with Gasteiger partial charge in [-0.3, -0.25) is 0 Å². The lowest BCUT2D eigenvalue weighted by atomic mass is 10.2. The van der Waals surface area contributed by atoms with Gasteiger partial charge in [-0.2, -0.15) is 5.10 Å². The Labute approximate surface area is 76.9 Å². The Morgan fingerprint density at radius 2 is 2.15 bits per heavy atom. The van der Waals surface area contributed by atoms with E-state index in [0.717, 1.165) is 10.9 Å². The van der Waals surface area contributed by atoms with Crippen LogP contribution in [-0.2, 0) is 4.74 Å². The van der Waals surface area contributed by atoms with E-state index in [0.29, 0.717) is 0 Å². The van der Waals surface area contributed by atoms with E-state index in [2.05, 4.69) is 5.10 Å². The van der Waals surface area contributed by atoms with E-state index < -0.39 is 0 Å². The number of fused-ring (bicyclic) bond motifs is 1. The Hall–Kier alpha value is -1.35. The molecule has 68 valence electrons. The molecule has 0 N–H and O–H groups in total. The molecule has 0 amide bonds. The highest BCUT2D eigenvalue weighted by atomic mass is 16.5. The van der Waals surface area contributed by atoms with E-state index in [1.54, 1.807) is 7.11 Å². The molecule has 0 saturated carbocycles. The third-order valence-electron chi connectivity index (χ3n) is 2.19. The zero-order chi connectivity index (χ0) is 9.26. The summed E-state index contributed by atoms with van der Waals surface area (Å²) in [6.45, 7) is 1.97. The number of ether oxygens (including phenoxy) is 1. The number of para-hydroxylation sites is 1. The van der Waals surface area contributed by atoms with Crippen LogP contribution in [0.2, 0.25) is 0 Å². The van der Waals surface area contributed by atoms with E-state index in [-0.39, 0.29) is 6.23 Å². The lowest BCUT2D eigenvalue weighted by molar-refractivity contribution is 0.0539. The number of aromatic nitrogens is 2. The van der Waals surface area contributed by atoms with Crippen molar-refractivity contribution in [3.05, 3.63) is 30.5 Å². The summed E-state index contributed by atoms with van der Waals surface area (Å²) in [6.07, 6.45) is 1.84. The minimum Gasteiger partial charge on any atom is -0.360 e. The molecule has 0 saturated heterocycles. The van der Waals surface area contributed by atoms with Gasteiger partial charge in [0.2, 0.25) is 0 Å². The van der Waals surface area contributed by atoms with Gasteiger partial charge in [0.1, 0.15) is 6.23 Å². The fraction of sp³-hybridized carbons (Fsp3) is 0.300. The average Bonchev–Trinajstić information content (AvgIpc) is 2.60. The van der Waals surface area contributed by atoms with Crippen LogP contribution in [0.5, 0.6) is 0 Å². The third kappa shape index (κ3) is 1.31. The Bertz CT molecular complexity index is 408. The number of methoxy groups -OCH3 is 1. The maximum absolute atomic E-state index is 5.20. The first-order valence-corrected chi connectivity index (χ1v) is 4.28. The first-order valence-electron chi connectivity index (χ1n) is 4.28. The molecule has 0 aliphatic heterocycles. The Morgan fingerprint density at radius 1 is 1.38 bits per heavy atom. The van der Waals surface area contributed by atoms with Crippen LogP contribution in [0.1, 0.15) is 13.2 Å². The molecule has 1 aromatic heterocycles. The molecule has 0 bridgehead atoms. The predicted octanol–water partition coefficient (Wildman–Crippen LogP) is 2.20. The van der Waals surface area contributed by atoms with Crippen molar-refractivity contribution in [1.82, 2.24) is 9.78 Å². The summed E-state index contributed by atoms with van der Waals surface area (Å²) in [4.78, 5) is 0. The smallest absolute Gasteiger partial charge is 0.147 e. The second-order valence-corrected chi connectivity index (χ2v) is 2.98. The Balaban J connectivity index is 2.57. The SMILES string of the molecule is COC(C)n1ncc2ccccc21. The van der Waals surface area contributed by atoms with Crippen molar-refractivity contribution in [1.29, 1.82) is 0 Å². The third-order valence-corrected chi connectivity index (χ3v) is 2.19. The summed E-state index contributed by atoms with van der Waals surface area (Å²) in [5.74, 6) is 0. The van der Waals surface area contributed by atoms with Gasteiger partial charge in [0.15, 0.2) is 0 Å². The normalized spacial score (nSPS) is 13.4. The van der Waals surface area contributed by atoms with Gasteiger partial charge >= 0.3 is 0 Å². The van der Waals surface area contributed by atoms with Crippen molar-refractivity contribution in [3.63, 3.8) is 0 Å². The molecule has 0 spiro atoms. The van der Waals surface area contributed by atoms with Crippen LogP contribution in [0, 0.1) is 0 Å². The van der Waals surface area contributed by atoms with Crippen LogP contribution in [0.4, 0.5) is 0 Å². The average molecular weight is 176 g/mol. The molecule has 1 heterocycles. The van der Waals surface area contributed by atoms with Crippen LogP contribution in [0.15, 0.2) is 30.5 Å². The van der Waals surface area contributed by atoms with E-state index in [4.69, 9.17) is 4.74 Å². The molecular weight excluding hydrogens is 164 g/mol. The number of nitrogens with zero attached hydrogens (tertiary/aromatic N) is 2. The number of hydrogen-bond acceptors (Lipinski definition) is 2. The number of hydrogen-bond donors (Lipinski definition) is 0. The molecule has 3 nitrogen and oxygen atoms in total. The summed E-state index contributed by atoms with van der Waals surface area (Å²) in [5.41, 5.74) is 1.11. The quantitative estimate of drug-likeness (QED) is 0.701. The van der Waals surface area contributed by atoms with Gasteiger partial charge in [-0.05, 0) is 13.0 Å². The monoisotopic (exact) mass is 176 g/mol. The predicted molar refractivity (Wildman–Crippen MR) is 51.5 cm³/mol.